The Morgan fingerprint density at radius 1 is 1.20 bits per heavy atom. The molecule has 1 amide bonds. The summed E-state index contributed by atoms with van der Waals surface area (Å²) in [6, 6.07) is 11.6. The lowest BCUT2D eigenvalue weighted by Gasteiger charge is -2.14. The molecule has 1 unspecified atom stereocenters. The highest BCUT2D eigenvalue weighted by molar-refractivity contribution is 8.00. The summed E-state index contributed by atoms with van der Waals surface area (Å²) >= 11 is 1.41. The van der Waals surface area contributed by atoms with Gasteiger partial charge >= 0.3 is 0 Å². The van der Waals surface area contributed by atoms with E-state index in [2.05, 4.69) is 29.4 Å². The van der Waals surface area contributed by atoms with Crippen LogP contribution in [0.2, 0.25) is 0 Å². The molecule has 7 nitrogen and oxygen atoms in total. The number of hydrogen-bond acceptors (Lipinski definition) is 6. The van der Waals surface area contributed by atoms with Gasteiger partial charge in [-0.15, -0.1) is 10.2 Å². The minimum atomic E-state index is -0.291. The summed E-state index contributed by atoms with van der Waals surface area (Å²) in [6.45, 7) is 7.48. The van der Waals surface area contributed by atoms with E-state index in [9.17, 15) is 4.79 Å². The predicted molar refractivity (Wildman–Crippen MR) is 118 cm³/mol. The molecule has 2 aromatic heterocycles. The summed E-state index contributed by atoms with van der Waals surface area (Å²) in [5, 5.41) is 12.0. The van der Waals surface area contributed by atoms with Gasteiger partial charge in [0.15, 0.2) is 16.7 Å². The molecule has 0 saturated carbocycles. The second-order valence-corrected chi connectivity index (χ2v) is 8.75. The molecule has 0 aliphatic heterocycles. The van der Waals surface area contributed by atoms with E-state index < -0.39 is 0 Å². The first-order valence-electron chi connectivity index (χ1n) is 10.0. The second-order valence-electron chi connectivity index (χ2n) is 7.44. The molecule has 0 fully saturated rings. The van der Waals surface area contributed by atoms with Crippen LogP contribution in [0.4, 0.5) is 0 Å². The van der Waals surface area contributed by atoms with Gasteiger partial charge in [0.25, 0.3) is 0 Å². The fraction of sp³-hybridized carbons (Fsp3) is 0.409. The average Bonchev–Trinajstić information content (AvgIpc) is 3.38. The summed E-state index contributed by atoms with van der Waals surface area (Å²) in [5.74, 6) is 2.57. The molecule has 0 radical (unpaired) electrons. The summed E-state index contributed by atoms with van der Waals surface area (Å²) in [6.07, 6.45) is 2.38. The molecule has 0 aliphatic rings. The highest BCUT2D eigenvalue weighted by Gasteiger charge is 2.22. The average molecular weight is 429 g/mol. The van der Waals surface area contributed by atoms with E-state index in [0.29, 0.717) is 29.2 Å². The van der Waals surface area contributed by atoms with Crippen molar-refractivity contribution in [2.24, 2.45) is 5.92 Å². The van der Waals surface area contributed by atoms with Crippen molar-refractivity contribution in [1.82, 2.24) is 20.1 Å². The molecule has 0 bridgehead atoms. The van der Waals surface area contributed by atoms with Gasteiger partial charge in [0, 0.05) is 13.1 Å². The lowest BCUT2D eigenvalue weighted by molar-refractivity contribution is -0.120. The van der Waals surface area contributed by atoms with Gasteiger partial charge in [-0.25, -0.2) is 0 Å². The van der Waals surface area contributed by atoms with Crippen molar-refractivity contribution in [2.75, 3.05) is 13.7 Å². The fourth-order valence-corrected chi connectivity index (χ4v) is 3.85. The maximum Gasteiger partial charge on any atom is 0.233 e. The van der Waals surface area contributed by atoms with Gasteiger partial charge in [0.1, 0.15) is 5.75 Å². The number of amides is 1. The zero-order valence-corrected chi connectivity index (χ0v) is 18.6. The minimum Gasteiger partial charge on any atom is -0.497 e. The lowest BCUT2D eigenvalue weighted by atomic mass is 10.1. The quantitative estimate of drug-likeness (QED) is 0.491. The molecule has 1 atom stereocenters. The van der Waals surface area contributed by atoms with Crippen molar-refractivity contribution in [3.05, 3.63) is 48.2 Å². The standard InChI is InChI=1S/C22H28N4O3S/c1-15(2)14-26-20(19-6-5-13-29-19)24-25-22(26)30-16(3)21(27)23-12-11-17-7-9-18(28-4)10-8-17/h5-10,13,15-16H,11-12,14H2,1-4H3,(H,23,27). The Balaban J connectivity index is 1.59. The lowest BCUT2D eigenvalue weighted by Crippen LogP contribution is -2.32. The number of methoxy groups -OCH3 is 1. The molecule has 1 aromatic carbocycles. The SMILES string of the molecule is COc1ccc(CCNC(=O)C(C)Sc2nnc(-c3ccco3)n2CC(C)C)cc1. The number of rotatable bonds is 10. The monoisotopic (exact) mass is 428 g/mol. The van der Waals surface area contributed by atoms with E-state index in [1.54, 1.807) is 13.4 Å². The molecule has 3 rings (SSSR count). The van der Waals surface area contributed by atoms with Gasteiger partial charge in [-0.1, -0.05) is 37.7 Å². The number of thioether (sulfide) groups is 1. The zero-order chi connectivity index (χ0) is 21.5. The number of carbonyl (C=O) groups excluding carboxylic acids is 1. The number of carbonyl (C=O) groups is 1. The van der Waals surface area contributed by atoms with Crippen molar-refractivity contribution in [1.29, 1.82) is 0 Å². The van der Waals surface area contributed by atoms with Crippen molar-refractivity contribution in [3.8, 4) is 17.3 Å². The smallest absolute Gasteiger partial charge is 0.233 e. The van der Waals surface area contributed by atoms with E-state index >= 15 is 0 Å². The number of furan rings is 1. The van der Waals surface area contributed by atoms with Crippen LogP contribution in [0, 0.1) is 5.92 Å². The summed E-state index contributed by atoms with van der Waals surface area (Å²) in [5.41, 5.74) is 1.15. The predicted octanol–water partition coefficient (Wildman–Crippen LogP) is 4.04. The molecular weight excluding hydrogens is 400 g/mol. The molecule has 2 heterocycles. The first-order chi connectivity index (χ1) is 14.5. The number of aromatic nitrogens is 3. The first-order valence-corrected chi connectivity index (χ1v) is 10.9. The van der Waals surface area contributed by atoms with Crippen molar-refractivity contribution in [3.63, 3.8) is 0 Å². The van der Waals surface area contributed by atoms with Crippen molar-refractivity contribution in [2.45, 2.75) is 44.1 Å². The Kier molecular flexibility index (Phi) is 7.57. The second kappa shape index (κ2) is 10.3. The van der Waals surface area contributed by atoms with E-state index in [1.165, 1.54) is 11.8 Å². The van der Waals surface area contributed by atoms with Gasteiger partial charge in [-0.2, -0.15) is 0 Å². The zero-order valence-electron chi connectivity index (χ0n) is 17.8. The Labute approximate surface area is 181 Å². The van der Waals surface area contributed by atoms with E-state index in [1.807, 2.05) is 47.9 Å². The highest BCUT2D eigenvalue weighted by Crippen LogP contribution is 2.28. The molecule has 8 heteroatoms. The Bertz CT molecular complexity index is 936. The van der Waals surface area contributed by atoms with E-state index in [-0.39, 0.29) is 11.2 Å². The van der Waals surface area contributed by atoms with Crippen LogP contribution in [0.25, 0.3) is 11.6 Å². The summed E-state index contributed by atoms with van der Waals surface area (Å²) < 4.78 is 12.7. The molecule has 1 N–H and O–H groups in total. The maximum absolute atomic E-state index is 12.6. The van der Waals surface area contributed by atoms with Crippen LogP contribution in [0.15, 0.2) is 52.2 Å². The number of benzene rings is 1. The maximum atomic E-state index is 12.6. The molecule has 3 aromatic rings. The van der Waals surface area contributed by atoms with Crippen LogP contribution in [-0.4, -0.2) is 39.6 Å². The Hall–Kier alpha value is -2.74. The van der Waals surface area contributed by atoms with Crippen molar-refractivity contribution < 1.29 is 13.9 Å². The van der Waals surface area contributed by atoms with Gasteiger partial charge in [0.2, 0.25) is 5.91 Å². The largest absolute Gasteiger partial charge is 0.497 e. The summed E-state index contributed by atoms with van der Waals surface area (Å²) in [7, 11) is 1.65. The minimum absolute atomic E-state index is 0.0212. The van der Waals surface area contributed by atoms with Crippen LogP contribution in [0.1, 0.15) is 26.3 Å². The summed E-state index contributed by atoms with van der Waals surface area (Å²) in [4.78, 5) is 12.6. The normalized spacial score (nSPS) is 12.2. The van der Waals surface area contributed by atoms with Gasteiger partial charge in [0.05, 0.1) is 18.6 Å². The van der Waals surface area contributed by atoms with Crippen LogP contribution in [0.3, 0.4) is 0 Å². The molecule has 160 valence electrons. The van der Waals surface area contributed by atoms with Crippen LogP contribution in [-0.2, 0) is 17.8 Å². The number of nitrogens with zero attached hydrogens (tertiary/aromatic N) is 3. The van der Waals surface area contributed by atoms with E-state index in [0.717, 1.165) is 24.3 Å². The van der Waals surface area contributed by atoms with Crippen molar-refractivity contribution >= 4 is 17.7 Å². The molecule has 0 saturated heterocycles. The van der Waals surface area contributed by atoms with Gasteiger partial charge in [-0.05, 0) is 49.1 Å². The third-order valence-corrected chi connectivity index (χ3v) is 5.61. The number of ether oxygens (including phenoxy) is 1. The number of hydrogen-bond donors (Lipinski definition) is 1. The van der Waals surface area contributed by atoms with Crippen LogP contribution in [0.5, 0.6) is 5.75 Å². The van der Waals surface area contributed by atoms with E-state index in [4.69, 9.17) is 9.15 Å². The molecule has 30 heavy (non-hydrogen) atoms. The molecule has 0 aliphatic carbocycles. The fourth-order valence-electron chi connectivity index (χ4n) is 2.97. The highest BCUT2D eigenvalue weighted by atomic mass is 32.2. The van der Waals surface area contributed by atoms with Gasteiger partial charge < -0.3 is 14.5 Å². The molecule has 0 spiro atoms. The first kappa shape index (κ1) is 22.0. The molecular formula is C22H28N4O3S. The third kappa shape index (κ3) is 5.66. The van der Waals surface area contributed by atoms with Gasteiger partial charge in [-0.3, -0.25) is 9.36 Å². The van der Waals surface area contributed by atoms with Crippen LogP contribution < -0.4 is 10.1 Å². The number of nitrogens with one attached hydrogen (secondary N) is 1. The van der Waals surface area contributed by atoms with Crippen LogP contribution >= 0.6 is 11.8 Å². The Morgan fingerprint density at radius 2 is 1.97 bits per heavy atom. The Morgan fingerprint density at radius 3 is 2.60 bits per heavy atom. The third-order valence-electron chi connectivity index (χ3n) is 4.53. The topological polar surface area (TPSA) is 82.2 Å².